The van der Waals surface area contributed by atoms with Gasteiger partial charge >= 0.3 is 5.97 Å². The topological polar surface area (TPSA) is 121 Å². The normalized spacial score (nSPS) is 19.1. The Morgan fingerprint density at radius 3 is 2.59 bits per heavy atom. The van der Waals surface area contributed by atoms with Crippen molar-refractivity contribution in [2.45, 2.75) is 77.4 Å². The molecule has 0 aromatic heterocycles. The first-order valence-corrected chi connectivity index (χ1v) is 16.5. The van der Waals surface area contributed by atoms with E-state index in [1.165, 1.54) is 18.1 Å². The number of hydrogen-bond acceptors (Lipinski definition) is 8. The summed E-state index contributed by atoms with van der Waals surface area (Å²) in [6, 6.07) is 14.9. The Morgan fingerprint density at radius 2 is 1.87 bits per heavy atom. The molecule has 1 saturated heterocycles. The van der Waals surface area contributed by atoms with Crippen LogP contribution in [0, 0.1) is 6.92 Å². The molecule has 9 nitrogen and oxygen atoms in total. The van der Waals surface area contributed by atoms with E-state index >= 15 is 0 Å². The average molecular weight is 653 g/mol. The Morgan fingerprint density at radius 1 is 1.09 bits per heavy atom. The highest BCUT2D eigenvalue weighted by molar-refractivity contribution is 6.32. The molecule has 0 amide bonds. The number of likely N-dealkylation sites (tertiary alicyclic amines) is 1. The van der Waals surface area contributed by atoms with Crippen molar-refractivity contribution in [3.05, 3.63) is 75.8 Å². The van der Waals surface area contributed by atoms with Crippen LogP contribution in [0.1, 0.15) is 61.5 Å². The predicted octanol–water partition coefficient (Wildman–Crippen LogP) is 5.54. The van der Waals surface area contributed by atoms with E-state index in [1.807, 2.05) is 19.1 Å². The predicted molar refractivity (Wildman–Crippen MR) is 178 cm³/mol. The zero-order valence-electron chi connectivity index (χ0n) is 26.8. The van der Waals surface area contributed by atoms with Crippen LogP contribution in [0.4, 0.5) is 0 Å². The molecule has 1 fully saturated rings. The zero-order chi connectivity index (χ0) is 32.8. The molecule has 0 spiro atoms. The molecular weight excluding hydrogens is 608 g/mol. The summed E-state index contributed by atoms with van der Waals surface area (Å²) in [5.74, 6) is 0.789. The largest absolute Gasteiger partial charge is 0.493 e. The smallest absolute Gasteiger partial charge is 0.323 e. The van der Waals surface area contributed by atoms with Crippen molar-refractivity contribution in [3.63, 3.8) is 0 Å². The first kappa shape index (κ1) is 34.0. The lowest BCUT2D eigenvalue weighted by Crippen LogP contribution is -2.44. The number of nitrogens with one attached hydrogen (secondary N) is 1. The number of halogens is 1. The second kappa shape index (κ2) is 15.5. The fourth-order valence-corrected chi connectivity index (χ4v) is 6.70. The first-order chi connectivity index (χ1) is 22.2. The molecule has 1 aliphatic heterocycles. The third-order valence-corrected chi connectivity index (χ3v) is 9.15. The number of benzene rings is 3. The molecule has 4 N–H and O–H groups in total. The minimum absolute atomic E-state index is 0.150. The molecule has 5 rings (SSSR count). The van der Waals surface area contributed by atoms with Crippen LogP contribution in [0.3, 0.4) is 0 Å². The summed E-state index contributed by atoms with van der Waals surface area (Å²) < 4.78 is 18.6. The van der Waals surface area contributed by atoms with Gasteiger partial charge in [0, 0.05) is 37.8 Å². The molecule has 3 aromatic rings. The average Bonchev–Trinajstić information content (AvgIpc) is 3.63. The van der Waals surface area contributed by atoms with Crippen molar-refractivity contribution in [2.24, 2.45) is 0 Å². The van der Waals surface area contributed by atoms with Crippen LogP contribution in [-0.2, 0) is 17.8 Å². The van der Waals surface area contributed by atoms with Gasteiger partial charge < -0.3 is 34.4 Å². The number of aliphatic hydroxyl groups is 2. The van der Waals surface area contributed by atoms with Crippen molar-refractivity contribution in [1.82, 2.24) is 10.2 Å². The van der Waals surface area contributed by atoms with Crippen LogP contribution >= 0.6 is 11.6 Å². The molecule has 0 unspecified atom stereocenters. The van der Waals surface area contributed by atoms with E-state index in [4.69, 9.17) is 25.8 Å². The Bertz CT molecular complexity index is 1510. The van der Waals surface area contributed by atoms with Gasteiger partial charge in [0.1, 0.15) is 29.4 Å². The number of aliphatic carboxylic acids is 1. The lowest BCUT2D eigenvalue weighted by Gasteiger charge is -2.21. The van der Waals surface area contributed by atoms with Gasteiger partial charge in [-0.3, -0.25) is 10.1 Å². The van der Waals surface area contributed by atoms with Crippen molar-refractivity contribution in [2.75, 3.05) is 32.8 Å². The van der Waals surface area contributed by atoms with Crippen LogP contribution in [0.5, 0.6) is 17.2 Å². The zero-order valence-corrected chi connectivity index (χ0v) is 27.6. The van der Waals surface area contributed by atoms with Crippen LogP contribution in [-0.4, -0.2) is 77.3 Å². The molecule has 1 aliphatic carbocycles. The standard InChI is InChI=1S/C36H45ClN2O7/c1-4-44-33-19-34(30(37)18-24(33)20-38-35(23(3)40)36(42)43)46-32-13-12-28-27(9-5-10-29(28)32)26-8-6-11-31(22(26)2)45-17-7-15-39-16-14-25(41)21-39/h5-6,8-11,18-19,23,25,32,35,38,40-41H,4,7,12-17,20-21H2,1-3H3,(H,42,43)/t23-,25-,32+,35+/m1/s1. The maximum Gasteiger partial charge on any atom is 0.323 e. The van der Waals surface area contributed by atoms with Crippen LogP contribution in [0.25, 0.3) is 11.1 Å². The van der Waals surface area contributed by atoms with Crippen molar-refractivity contribution in [1.29, 1.82) is 0 Å². The van der Waals surface area contributed by atoms with Gasteiger partial charge in [-0.15, -0.1) is 0 Å². The highest BCUT2D eigenvalue weighted by atomic mass is 35.5. The third kappa shape index (κ3) is 7.96. The van der Waals surface area contributed by atoms with Crippen LogP contribution in [0.2, 0.25) is 5.02 Å². The lowest BCUT2D eigenvalue weighted by atomic mass is 9.93. The summed E-state index contributed by atoms with van der Waals surface area (Å²) in [5.41, 5.74) is 6.46. The Hall–Kier alpha value is -3.34. The maximum absolute atomic E-state index is 11.5. The molecular formula is C36H45ClN2O7. The molecule has 1 heterocycles. The number of aliphatic hydroxyl groups excluding tert-OH is 2. The Balaban J connectivity index is 1.30. The molecule has 248 valence electrons. The van der Waals surface area contributed by atoms with Crippen molar-refractivity contribution >= 4 is 17.6 Å². The van der Waals surface area contributed by atoms with Gasteiger partial charge in [0.15, 0.2) is 0 Å². The van der Waals surface area contributed by atoms with Gasteiger partial charge in [0.25, 0.3) is 0 Å². The second-order valence-corrected chi connectivity index (χ2v) is 12.6. The summed E-state index contributed by atoms with van der Waals surface area (Å²) in [6.45, 7) is 9.22. The van der Waals surface area contributed by atoms with Gasteiger partial charge in [-0.05, 0) is 86.4 Å². The number of β-amino-alcohol motifs (C(OH)–C–C–N with tert-alkyl or cyclic N) is 1. The van der Waals surface area contributed by atoms with Gasteiger partial charge in [-0.1, -0.05) is 41.9 Å². The fraction of sp³-hybridized carbons (Fsp3) is 0.472. The number of rotatable bonds is 15. The Labute approximate surface area is 276 Å². The molecule has 3 aromatic carbocycles. The fourth-order valence-electron chi connectivity index (χ4n) is 6.47. The van der Waals surface area contributed by atoms with Gasteiger partial charge in [0.05, 0.1) is 30.4 Å². The summed E-state index contributed by atoms with van der Waals surface area (Å²) >= 11 is 6.71. The van der Waals surface area contributed by atoms with Gasteiger partial charge in [-0.2, -0.15) is 0 Å². The highest BCUT2D eigenvalue weighted by Gasteiger charge is 2.29. The number of fused-ring (bicyclic) bond motifs is 1. The SMILES string of the molecule is CCOc1cc(O[C@H]2CCc3c(-c4cccc(OCCCN5CC[C@@H](O)C5)c4C)cccc32)c(Cl)cc1CN[C@H](C(=O)O)[C@@H](C)O. The minimum atomic E-state index is -1.14. The molecule has 0 bridgehead atoms. The summed E-state index contributed by atoms with van der Waals surface area (Å²) in [4.78, 5) is 13.8. The molecule has 10 heteroatoms. The second-order valence-electron chi connectivity index (χ2n) is 12.2. The monoisotopic (exact) mass is 652 g/mol. The molecule has 46 heavy (non-hydrogen) atoms. The molecule has 4 atom stereocenters. The van der Waals surface area contributed by atoms with Crippen molar-refractivity contribution in [3.8, 4) is 28.4 Å². The van der Waals surface area contributed by atoms with Crippen LogP contribution < -0.4 is 19.5 Å². The van der Waals surface area contributed by atoms with E-state index in [2.05, 4.69) is 41.4 Å². The van der Waals surface area contributed by atoms with Gasteiger partial charge in [0.2, 0.25) is 0 Å². The van der Waals surface area contributed by atoms with E-state index < -0.39 is 18.1 Å². The number of hydrogen-bond donors (Lipinski definition) is 4. The number of carbonyl (C=O) groups is 1. The lowest BCUT2D eigenvalue weighted by molar-refractivity contribution is -0.142. The summed E-state index contributed by atoms with van der Waals surface area (Å²) in [7, 11) is 0. The van der Waals surface area contributed by atoms with E-state index in [0.717, 1.165) is 67.8 Å². The first-order valence-electron chi connectivity index (χ1n) is 16.2. The molecule has 0 radical (unpaired) electrons. The highest BCUT2D eigenvalue weighted by Crippen LogP contribution is 2.44. The van der Waals surface area contributed by atoms with E-state index in [0.29, 0.717) is 35.3 Å². The summed E-state index contributed by atoms with van der Waals surface area (Å²) in [6.07, 6.45) is 1.95. The number of carboxylic acid groups (broad SMARTS) is 1. The molecule has 0 saturated carbocycles. The van der Waals surface area contributed by atoms with Crippen molar-refractivity contribution < 1.29 is 34.3 Å². The quantitative estimate of drug-likeness (QED) is 0.157. The third-order valence-electron chi connectivity index (χ3n) is 8.86. The number of ether oxygens (including phenoxy) is 3. The molecule has 2 aliphatic rings. The Kier molecular flexibility index (Phi) is 11.5. The minimum Gasteiger partial charge on any atom is -0.493 e. The van der Waals surface area contributed by atoms with Crippen LogP contribution in [0.15, 0.2) is 48.5 Å². The van der Waals surface area contributed by atoms with E-state index in [1.54, 1.807) is 12.1 Å². The maximum atomic E-state index is 11.5. The van der Waals surface area contributed by atoms with E-state index in [9.17, 15) is 20.1 Å². The number of carboxylic acids is 1. The summed E-state index contributed by atoms with van der Waals surface area (Å²) in [5, 5.41) is 32.3. The van der Waals surface area contributed by atoms with E-state index in [-0.39, 0.29) is 18.8 Å². The van der Waals surface area contributed by atoms with Gasteiger partial charge in [-0.25, -0.2) is 0 Å². The number of nitrogens with zero attached hydrogens (tertiary/aromatic N) is 1.